The van der Waals surface area contributed by atoms with E-state index < -0.39 is 21.4 Å². The Morgan fingerprint density at radius 2 is 1.67 bits per heavy atom. The minimum absolute atomic E-state index is 0.179. The van der Waals surface area contributed by atoms with Crippen LogP contribution in [-0.4, -0.2) is 40.4 Å². The average molecular weight is 293 g/mol. The van der Waals surface area contributed by atoms with Gasteiger partial charge in [-0.3, -0.25) is 4.79 Å². The third-order valence-electron chi connectivity index (χ3n) is 2.16. The molecule has 0 spiro atoms. The highest BCUT2D eigenvalue weighted by Crippen LogP contribution is 2.35. The second kappa shape index (κ2) is 5.58. The molecule has 5 nitrogen and oxygen atoms in total. The Kier molecular flexibility index (Phi) is 4.59. The van der Waals surface area contributed by atoms with E-state index >= 15 is 0 Å². The van der Waals surface area contributed by atoms with E-state index in [1.54, 1.807) is 0 Å². The van der Waals surface area contributed by atoms with E-state index in [9.17, 15) is 13.2 Å². The summed E-state index contributed by atoms with van der Waals surface area (Å²) >= 11 is 5.94. The zero-order valence-electron chi connectivity index (χ0n) is 10.2. The topological polar surface area (TPSA) is 69.7 Å². The van der Waals surface area contributed by atoms with E-state index in [-0.39, 0.29) is 22.1 Å². The zero-order chi connectivity index (χ0) is 13.9. The van der Waals surface area contributed by atoms with Crippen LogP contribution in [0.25, 0.3) is 0 Å². The fraction of sp³-hybridized carbons (Fsp3) is 0.364. The maximum Gasteiger partial charge on any atom is 0.178 e. The van der Waals surface area contributed by atoms with E-state index in [0.29, 0.717) is 0 Å². The van der Waals surface area contributed by atoms with Crippen molar-refractivity contribution in [3.8, 4) is 11.5 Å². The normalized spacial score (nSPS) is 11.1. The van der Waals surface area contributed by atoms with Gasteiger partial charge in [-0.1, -0.05) is 11.6 Å². The molecule has 1 aromatic carbocycles. The lowest BCUT2D eigenvalue weighted by Gasteiger charge is -2.10. The highest BCUT2D eigenvalue weighted by molar-refractivity contribution is 7.91. The first-order valence-corrected chi connectivity index (χ1v) is 7.34. The second-order valence-corrected chi connectivity index (χ2v) is 6.21. The first-order valence-electron chi connectivity index (χ1n) is 4.91. The summed E-state index contributed by atoms with van der Waals surface area (Å²) in [5.41, 5.74) is 0.179. The van der Waals surface area contributed by atoms with Crippen molar-refractivity contribution < 1.29 is 22.7 Å². The average Bonchev–Trinajstić information content (AvgIpc) is 2.27. The van der Waals surface area contributed by atoms with E-state index in [1.165, 1.54) is 26.4 Å². The Morgan fingerprint density at radius 3 is 2.00 bits per heavy atom. The smallest absolute Gasteiger partial charge is 0.178 e. The predicted molar refractivity (Wildman–Crippen MR) is 68.6 cm³/mol. The summed E-state index contributed by atoms with van der Waals surface area (Å²) in [6.07, 6.45) is 0.995. The number of Topliss-reactive ketones (excluding diaryl/α,β-unsaturated/α-hetero) is 1. The summed E-state index contributed by atoms with van der Waals surface area (Å²) in [7, 11) is -0.596. The van der Waals surface area contributed by atoms with Crippen LogP contribution in [0.2, 0.25) is 5.02 Å². The van der Waals surface area contributed by atoms with Gasteiger partial charge < -0.3 is 9.47 Å². The fourth-order valence-corrected chi connectivity index (χ4v) is 2.26. The summed E-state index contributed by atoms with van der Waals surface area (Å²) in [6, 6.07) is 2.77. The molecule has 0 N–H and O–H groups in total. The van der Waals surface area contributed by atoms with Gasteiger partial charge in [-0.05, 0) is 12.1 Å². The minimum atomic E-state index is -3.38. The summed E-state index contributed by atoms with van der Waals surface area (Å²) < 4.78 is 32.2. The first-order chi connectivity index (χ1) is 8.28. The van der Waals surface area contributed by atoms with Crippen molar-refractivity contribution in [1.29, 1.82) is 0 Å². The van der Waals surface area contributed by atoms with Crippen LogP contribution in [0.3, 0.4) is 0 Å². The maximum absolute atomic E-state index is 11.8. The number of sulfone groups is 1. The number of halogens is 1. The number of hydrogen-bond donors (Lipinski definition) is 0. The highest BCUT2D eigenvalue weighted by atomic mass is 35.5. The number of rotatable bonds is 5. The SMILES string of the molecule is COc1cc(C(=O)CS(C)(=O)=O)cc(OC)c1Cl. The van der Waals surface area contributed by atoms with Crippen LogP contribution < -0.4 is 9.47 Å². The number of carbonyl (C=O) groups is 1. The monoisotopic (exact) mass is 292 g/mol. The van der Waals surface area contributed by atoms with Crippen molar-refractivity contribution in [3.05, 3.63) is 22.7 Å². The highest BCUT2D eigenvalue weighted by Gasteiger charge is 2.18. The molecule has 0 unspecified atom stereocenters. The molecule has 0 saturated heterocycles. The van der Waals surface area contributed by atoms with Gasteiger partial charge in [0.15, 0.2) is 15.6 Å². The molecule has 1 rings (SSSR count). The third kappa shape index (κ3) is 3.61. The van der Waals surface area contributed by atoms with Gasteiger partial charge in [0.2, 0.25) is 0 Å². The van der Waals surface area contributed by atoms with Gasteiger partial charge >= 0.3 is 0 Å². The molecule has 1 aromatic rings. The molecule has 0 bridgehead atoms. The van der Waals surface area contributed by atoms with Crippen molar-refractivity contribution in [2.45, 2.75) is 0 Å². The molecular formula is C11H13ClO5S. The predicted octanol–water partition coefficient (Wildman–Crippen LogP) is 1.58. The summed E-state index contributed by atoms with van der Waals surface area (Å²) in [5, 5.41) is 0.232. The van der Waals surface area contributed by atoms with Crippen molar-refractivity contribution in [1.82, 2.24) is 0 Å². The lowest BCUT2D eigenvalue weighted by molar-refractivity contribution is 0.102. The van der Waals surface area contributed by atoms with Crippen LogP contribution in [0, 0.1) is 0 Å². The van der Waals surface area contributed by atoms with Gasteiger partial charge in [0.25, 0.3) is 0 Å². The van der Waals surface area contributed by atoms with Crippen molar-refractivity contribution in [2.75, 3.05) is 26.2 Å². The Bertz CT molecular complexity index is 540. The van der Waals surface area contributed by atoms with Crippen molar-refractivity contribution >= 4 is 27.2 Å². The van der Waals surface area contributed by atoms with Crippen LogP contribution in [0.5, 0.6) is 11.5 Å². The molecule has 0 aromatic heterocycles. The molecular weight excluding hydrogens is 280 g/mol. The summed E-state index contributed by atoms with van der Waals surface area (Å²) in [5.74, 6) is -0.590. The van der Waals surface area contributed by atoms with Gasteiger partial charge in [-0.25, -0.2) is 8.42 Å². The first kappa shape index (κ1) is 14.8. The van der Waals surface area contributed by atoms with Crippen molar-refractivity contribution in [3.63, 3.8) is 0 Å². The molecule has 0 heterocycles. The van der Waals surface area contributed by atoms with Crippen LogP contribution >= 0.6 is 11.6 Å². The molecule has 0 atom stereocenters. The lowest BCUT2D eigenvalue weighted by Crippen LogP contribution is -2.14. The molecule has 0 radical (unpaired) electrons. The van der Waals surface area contributed by atoms with Gasteiger partial charge in [0, 0.05) is 11.8 Å². The van der Waals surface area contributed by atoms with E-state index in [1.807, 2.05) is 0 Å². The standard InChI is InChI=1S/C11H13ClO5S/c1-16-9-4-7(5-10(17-2)11(9)12)8(13)6-18(3,14)15/h4-5H,6H2,1-3H3. The minimum Gasteiger partial charge on any atom is -0.495 e. The van der Waals surface area contributed by atoms with Crippen LogP contribution in [0.4, 0.5) is 0 Å². The quantitative estimate of drug-likeness (QED) is 0.771. The largest absolute Gasteiger partial charge is 0.495 e. The fourth-order valence-electron chi connectivity index (χ4n) is 1.35. The number of hydrogen-bond acceptors (Lipinski definition) is 5. The number of benzene rings is 1. The molecule has 0 aliphatic carbocycles. The Morgan fingerprint density at radius 1 is 1.22 bits per heavy atom. The maximum atomic E-state index is 11.8. The van der Waals surface area contributed by atoms with Crippen LogP contribution in [0.15, 0.2) is 12.1 Å². The molecule has 18 heavy (non-hydrogen) atoms. The Labute approximate surface area is 111 Å². The van der Waals surface area contributed by atoms with Gasteiger partial charge in [0.1, 0.15) is 22.3 Å². The number of carbonyl (C=O) groups excluding carboxylic acids is 1. The second-order valence-electron chi connectivity index (χ2n) is 3.69. The summed E-state index contributed by atoms with van der Waals surface area (Å²) in [6.45, 7) is 0. The van der Waals surface area contributed by atoms with Crippen LogP contribution in [-0.2, 0) is 9.84 Å². The number of ketones is 1. The third-order valence-corrected chi connectivity index (χ3v) is 3.32. The molecule has 0 aliphatic rings. The Hall–Kier alpha value is -1.27. The lowest BCUT2D eigenvalue weighted by atomic mass is 10.1. The van der Waals surface area contributed by atoms with E-state index in [0.717, 1.165) is 6.26 Å². The molecule has 0 saturated carbocycles. The molecule has 0 fully saturated rings. The zero-order valence-corrected chi connectivity index (χ0v) is 11.8. The van der Waals surface area contributed by atoms with Gasteiger partial charge in [-0.15, -0.1) is 0 Å². The molecule has 100 valence electrons. The number of ether oxygens (including phenoxy) is 2. The Balaban J connectivity index is 3.21. The molecule has 7 heteroatoms. The molecule has 0 aliphatic heterocycles. The number of methoxy groups -OCH3 is 2. The van der Waals surface area contributed by atoms with E-state index in [2.05, 4.69) is 0 Å². The van der Waals surface area contributed by atoms with Gasteiger partial charge in [-0.2, -0.15) is 0 Å². The van der Waals surface area contributed by atoms with E-state index in [4.69, 9.17) is 21.1 Å². The van der Waals surface area contributed by atoms with Crippen molar-refractivity contribution in [2.24, 2.45) is 0 Å². The summed E-state index contributed by atoms with van der Waals surface area (Å²) in [4.78, 5) is 11.8. The van der Waals surface area contributed by atoms with Crippen LogP contribution in [0.1, 0.15) is 10.4 Å². The molecule has 0 amide bonds. The van der Waals surface area contributed by atoms with Gasteiger partial charge in [0.05, 0.1) is 14.2 Å².